The number of thiazole rings is 1. The van der Waals surface area contributed by atoms with Crippen LogP contribution >= 0.6 is 22.9 Å². The number of Topliss-reactive ketones (excluding diaryl/α,β-unsaturated/α-hetero) is 1. The molecule has 102 valence electrons. The van der Waals surface area contributed by atoms with Gasteiger partial charge in [-0.05, 0) is 38.1 Å². The predicted molar refractivity (Wildman–Crippen MR) is 83.5 cm³/mol. The van der Waals surface area contributed by atoms with Crippen LogP contribution in [0.5, 0.6) is 0 Å². The molecule has 3 rings (SSSR count). The molecule has 1 aromatic carbocycles. The lowest BCUT2D eigenvalue weighted by atomic mass is 10.2. The third-order valence-electron chi connectivity index (χ3n) is 3.43. The van der Waals surface area contributed by atoms with Crippen molar-refractivity contribution in [3.05, 3.63) is 46.7 Å². The number of hydrogen-bond acceptors (Lipinski definition) is 3. The Kier molecular flexibility index (Phi) is 3.36. The average Bonchev–Trinajstić information content (AvgIpc) is 3.01. The van der Waals surface area contributed by atoms with Gasteiger partial charge in [0.1, 0.15) is 0 Å². The van der Waals surface area contributed by atoms with Gasteiger partial charge in [-0.1, -0.05) is 0 Å². The number of aryl methyl sites for hydroxylation is 1. The van der Waals surface area contributed by atoms with Crippen LogP contribution in [0.4, 0.5) is 0 Å². The highest BCUT2D eigenvalue weighted by atomic mass is 35.5. The predicted octanol–water partition coefficient (Wildman–Crippen LogP) is 4.13. The molecule has 0 unspecified atom stereocenters. The van der Waals surface area contributed by atoms with E-state index in [1.807, 2.05) is 37.6 Å². The van der Waals surface area contributed by atoms with E-state index < -0.39 is 0 Å². The van der Waals surface area contributed by atoms with Gasteiger partial charge in [0.2, 0.25) is 0 Å². The summed E-state index contributed by atoms with van der Waals surface area (Å²) in [5, 5.41) is 0. The number of carbonyl (C=O) groups excluding carboxylic acids is 1. The molecule has 0 amide bonds. The van der Waals surface area contributed by atoms with Gasteiger partial charge in [-0.15, -0.1) is 22.9 Å². The molecule has 0 radical (unpaired) electrons. The van der Waals surface area contributed by atoms with E-state index in [1.165, 1.54) is 0 Å². The van der Waals surface area contributed by atoms with E-state index in [-0.39, 0.29) is 11.7 Å². The van der Waals surface area contributed by atoms with Gasteiger partial charge < -0.3 is 4.57 Å². The molecule has 0 bridgehead atoms. The maximum atomic E-state index is 11.8. The maximum absolute atomic E-state index is 11.8. The van der Waals surface area contributed by atoms with Crippen LogP contribution in [0.3, 0.4) is 0 Å². The first-order valence-electron chi connectivity index (χ1n) is 6.23. The molecule has 0 saturated carbocycles. The lowest BCUT2D eigenvalue weighted by molar-refractivity contribution is 0.102. The van der Waals surface area contributed by atoms with Crippen molar-refractivity contribution in [3.8, 4) is 5.69 Å². The Morgan fingerprint density at radius 1 is 1.35 bits per heavy atom. The van der Waals surface area contributed by atoms with Crippen LogP contribution in [0, 0.1) is 13.8 Å². The van der Waals surface area contributed by atoms with E-state index in [4.69, 9.17) is 11.6 Å². The second-order valence-electron chi connectivity index (χ2n) is 4.68. The minimum atomic E-state index is -0.0371. The molecular weight excluding hydrogens is 292 g/mol. The van der Waals surface area contributed by atoms with Gasteiger partial charge in [-0.3, -0.25) is 4.79 Å². The van der Waals surface area contributed by atoms with Gasteiger partial charge in [0, 0.05) is 22.6 Å². The summed E-state index contributed by atoms with van der Waals surface area (Å²) < 4.78 is 3.22. The zero-order valence-electron chi connectivity index (χ0n) is 11.2. The van der Waals surface area contributed by atoms with Crippen molar-refractivity contribution in [1.82, 2.24) is 9.55 Å². The normalized spacial score (nSPS) is 11.2. The van der Waals surface area contributed by atoms with Crippen molar-refractivity contribution in [3.63, 3.8) is 0 Å². The van der Waals surface area contributed by atoms with Crippen molar-refractivity contribution in [2.24, 2.45) is 0 Å². The zero-order chi connectivity index (χ0) is 14.3. The standard InChI is InChI=1S/C15H13ClN2OS/c1-9-5-12(14(19)7-16)10(2)18(9)11-3-4-13-15(6-11)20-8-17-13/h3-6,8H,7H2,1-2H3. The third kappa shape index (κ3) is 2.05. The molecule has 0 aliphatic heterocycles. The van der Waals surface area contributed by atoms with Crippen molar-refractivity contribution in [1.29, 1.82) is 0 Å². The summed E-state index contributed by atoms with van der Waals surface area (Å²) in [6.45, 7) is 3.94. The Balaban J connectivity index is 2.18. The molecule has 0 aliphatic rings. The fraction of sp³-hybridized carbons (Fsp3) is 0.200. The Morgan fingerprint density at radius 2 is 2.15 bits per heavy atom. The molecule has 0 N–H and O–H groups in total. The van der Waals surface area contributed by atoms with Crippen LogP contribution in [-0.2, 0) is 0 Å². The number of fused-ring (bicyclic) bond motifs is 1. The number of alkyl halides is 1. The second-order valence-corrected chi connectivity index (χ2v) is 5.84. The molecule has 5 heteroatoms. The summed E-state index contributed by atoms with van der Waals surface area (Å²) in [7, 11) is 0. The lowest BCUT2D eigenvalue weighted by Gasteiger charge is -2.09. The Hall–Kier alpha value is -1.65. The molecule has 2 heterocycles. The van der Waals surface area contributed by atoms with Crippen molar-refractivity contribution in [2.45, 2.75) is 13.8 Å². The number of carbonyl (C=O) groups is 1. The molecule has 3 aromatic rings. The average molecular weight is 305 g/mol. The van der Waals surface area contributed by atoms with Gasteiger partial charge in [-0.25, -0.2) is 4.98 Å². The van der Waals surface area contributed by atoms with Crippen molar-refractivity contribution >= 4 is 38.9 Å². The molecule has 2 aromatic heterocycles. The van der Waals surface area contributed by atoms with Crippen molar-refractivity contribution < 1.29 is 4.79 Å². The van der Waals surface area contributed by atoms with E-state index in [9.17, 15) is 4.79 Å². The first-order valence-corrected chi connectivity index (χ1v) is 7.65. The molecule has 0 saturated heterocycles. The zero-order valence-corrected chi connectivity index (χ0v) is 12.8. The fourth-order valence-electron chi connectivity index (χ4n) is 2.50. The van der Waals surface area contributed by atoms with E-state index in [0.717, 1.165) is 27.3 Å². The van der Waals surface area contributed by atoms with Crippen LogP contribution in [0.25, 0.3) is 15.9 Å². The maximum Gasteiger partial charge on any atom is 0.179 e. The molecule has 0 atom stereocenters. The summed E-state index contributed by atoms with van der Waals surface area (Å²) in [5.41, 5.74) is 6.54. The number of halogens is 1. The highest BCUT2D eigenvalue weighted by molar-refractivity contribution is 7.16. The minimum Gasteiger partial charge on any atom is -0.318 e. The summed E-state index contributed by atoms with van der Waals surface area (Å²) in [6.07, 6.45) is 0. The lowest BCUT2D eigenvalue weighted by Crippen LogP contribution is -2.04. The number of nitrogens with zero attached hydrogens (tertiary/aromatic N) is 2. The van der Waals surface area contributed by atoms with Crippen LogP contribution in [0.1, 0.15) is 21.7 Å². The monoisotopic (exact) mass is 304 g/mol. The van der Waals surface area contributed by atoms with E-state index >= 15 is 0 Å². The summed E-state index contributed by atoms with van der Waals surface area (Å²) in [6, 6.07) is 8.03. The van der Waals surface area contributed by atoms with E-state index in [1.54, 1.807) is 11.3 Å². The SMILES string of the molecule is Cc1cc(C(=O)CCl)c(C)n1-c1ccc2ncsc2c1. The quantitative estimate of drug-likeness (QED) is 0.539. The number of hydrogen-bond donors (Lipinski definition) is 0. The summed E-state index contributed by atoms with van der Waals surface area (Å²) in [5.74, 6) is -0.0251. The highest BCUT2D eigenvalue weighted by Crippen LogP contribution is 2.26. The molecule has 0 spiro atoms. The molecule has 0 aliphatic carbocycles. The number of benzene rings is 1. The molecule has 0 fully saturated rings. The van der Waals surface area contributed by atoms with E-state index in [2.05, 4.69) is 15.6 Å². The molecule has 20 heavy (non-hydrogen) atoms. The number of aromatic nitrogens is 2. The van der Waals surface area contributed by atoms with Gasteiger partial charge >= 0.3 is 0 Å². The summed E-state index contributed by atoms with van der Waals surface area (Å²) >= 11 is 7.28. The number of ketones is 1. The number of rotatable bonds is 3. The Labute approximate surface area is 125 Å². The van der Waals surface area contributed by atoms with Crippen LogP contribution in [-0.4, -0.2) is 21.2 Å². The smallest absolute Gasteiger partial charge is 0.179 e. The third-order valence-corrected chi connectivity index (χ3v) is 4.46. The molecular formula is C15H13ClN2OS. The fourth-order valence-corrected chi connectivity index (χ4v) is 3.35. The molecule has 3 nitrogen and oxygen atoms in total. The van der Waals surface area contributed by atoms with E-state index in [0.29, 0.717) is 5.56 Å². The highest BCUT2D eigenvalue weighted by Gasteiger charge is 2.16. The van der Waals surface area contributed by atoms with Gasteiger partial charge in [0.15, 0.2) is 5.78 Å². The topological polar surface area (TPSA) is 34.9 Å². The minimum absolute atomic E-state index is 0.0121. The largest absolute Gasteiger partial charge is 0.318 e. The first kappa shape index (κ1) is 13.3. The van der Waals surface area contributed by atoms with Gasteiger partial charge in [0.25, 0.3) is 0 Å². The first-order chi connectivity index (χ1) is 9.61. The van der Waals surface area contributed by atoms with Crippen LogP contribution in [0.2, 0.25) is 0 Å². The Morgan fingerprint density at radius 3 is 2.90 bits per heavy atom. The van der Waals surface area contributed by atoms with Crippen LogP contribution in [0.15, 0.2) is 29.8 Å². The van der Waals surface area contributed by atoms with Gasteiger partial charge in [-0.2, -0.15) is 0 Å². The summed E-state index contributed by atoms with van der Waals surface area (Å²) in [4.78, 5) is 16.1. The second kappa shape index (κ2) is 5.04. The van der Waals surface area contributed by atoms with Crippen molar-refractivity contribution in [2.75, 3.05) is 5.88 Å². The Bertz CT molecular complexity index is 803. The van der Waals surface area contributed by atoms with Crippen LogP contribution < -0.4 is 0 Å². The van der Waals surface area contributed by atoms with Gasteiger partial charge in [0.05, 0.1) is 21.6 Å².